The van der Waals surface area contributed by atoms with Gasteiger partial charge in [-0.15, -0.1) is 12.3 Å². The number of terminal acetylenes is 1. The average molecular weight is 244 g/mol. The molecule has 0 radical (unpaired) electrons. The van der Waals surface area contributed by atoms with Crippen LogP contribution in [0.4, 0.5) is 0 Å². The third-order valence-electron chi connectivity index (χ3n) is 2.97. The molecule has 3 heteroatoms. The highest BCUT2D eigenvalue weighted by Gasteiger charge is 2.19. The van der Waals surface area contributed by atoms with Crippen LogP contribution in [0.2, 0.25) is 0 Å². The zero-order chi connectivity index (χ0) is 13.5. The van der Waals surface area contributed by atoms with Gasteiger partial charge in [0.2, 0.25) is 5.91 Å². The first-order valence-electron chi connectivity index (χ1n) is 6.12. The third kappa shape index (κ3) is 3.61. The van der Waals surface area contributed by atoms with Gasteiger partial charge in [-0.1, -0.05) is 24.3 Å². The van der Waals surface area contributed by atoms with Crippen LogP contribution in [-0.2, 0) is 11.3 Å². The molecule has 1 aromatic rings. The lowest BCUT2D eigenvalue weighted by Gasteiger charge is -2.24. The molecule has 1 aromatic carbocycles. The van der Waals surface area contributed by atoms with E-state index in [9.17, 15) is 4.79 Å². The first-order valence-corrected chi connectivity index (χ1v) is 6.12. The summed E-state index contributed by atoms with van der Waals surface area (Å²) in [6, 6.07) is 7.43. The van der Waals surface area contributed by atoms with Crippen LogP contribution < -0.4 is 5.73 Å². The molecule has 0 aliphatic heterocycles. The molecule has 0 spiro atoms. The predicted octanol–water partition coefficient (Wildman–Crippen LogP) is 1.69. The van der Waals surface area contributed by atoms with Crippen LogP contribution in [0.5, 0.6) is 0 Å². The number of nitrogens with zero attached hydrogens (tertiary/aromatic N) is 1. The Hall–Kier alpha value is -1.79. The van der Waals surface area contributed by atoms with Gasteiger partial charge in [0.1, 0.15) is 0 Å². The van der Waals surface area contributed by atoms with Crippen molar-refractivity contribution in [3.05, 3.63) is 35.4 Å². The Morgan fingerprint density at radius 2 is 2.17 bits per heavy atom. The van der Waals surface area contributed by atoms with Crippen molar-refractivity contribution in [1.29, 1.82) is 0 Å². The fourth-order valence-electron chi connectivity index (χ4n) is 1.79. The van der Waals surface area contributed by atoms with Crippen molar-refractivity contribution in [3.8, 4) is 12.3 Å². The molecule has 1 amide bonds. The average Bonchev–Trinajstić information content (AvgIpc) is 2.37. The lowest BCUT2D eigenvalue weighted by atomic mass is 10.1. The van der Waals surface area contributed by atoms with Gasteiger partial charge < -0.3 is 10.6 Å². The highest BCUT2D eigenvalue weighted by Crippen LogP contribution is 2.11. The zero-order valence-corrected chi connectivity index (χ0v) is 11.0. The number of rotatable bonds is 5. The van der Waals surface area contributed by atoms with Crippen molar-refractivity contribution in [1.82, 2.24) is 4.90 Å². The number of likely N-dealkylation sites (N-methyl/N-ethyl adjacent to an activating group) is 1. The monoisotopic (exact) mass is 244 g/mol. The summed E-state index contributed by atoms with van der Waals surface area (Å²) in [6.07, 6.45) is 5.47. The number of carbonyl (C=O) groups excluding carboxylic acids is 1. The standard InChI is InChI=1S/C15H20N2O/c1-4-8-14(16)15(18)17(5-2)11-13-10-7-6-9-12(13)3/h1,6-7,9-10,14H,5,8,11,16H2,2-3H3. The van der Waals surface area contributed by atoms with Crippen LogP contribution in [-0.4, -0.2) is 23.4 Å². The highest BCUT2D eigenvalue weighted by atomic mass is 16.2. The second-order valence-electron chi connectivity index (χ2n) is 4.29. The number of hydrogen-bond donors (Lipinski definition) is 1. The van der Waals surface area contributed by atoms with Crippen molar-refractivity contribution < 1.29 is 4.79 Å². The van der Waals surface area contributed by atoms with E-state index in [-0.39, 0.29) is 12.3 Å². The molecule has 1 rings (SSSR count). The van der Waals surface area contributed by atoms with Crippen molar-refractivity contribution in [3.63, 3.8) is 0 Å². The van der Waals surface area contributed by atoms with E-state index in [2.05, 4.69) is 5.92 Å². The second kappa shape index (κ2) is 6.83. The lowest BCUT2D eigenvalue weighted by molar-refractivity contribution is -0.132. The minimum atomic E-state index is -0.598. The van der Waals surface area contributed by atoms with E-state index in [1.165, 1.54) is 5.56 Å². The van der Waals surface area contributed by atoms with Crippen LogP contribution in [0.25, 0.3) is 0 Å². The Morgan fingerprint density at radius 1 is 1.50 bits per heavy atom. The molecule has 0 saturated heterocycles. The van der Waals surface area contributed by atoms with Gasteiger partial charge in [-0.05, 0) is 25.0 Å². The number of amides is 1. The van der Waals surface area contributed by atoms with E-state index in [1.54, 1.807) is 4.90 Å². The molecule has 0 bridgehead atoms. The number of benzene rings is 1. The van der Waals surface area contributed by atoms with Gasteiger partial charge >= 0.3 is 0 Å². The smallest absolute Gasteiger partial charge is 0.240 e. The first kappa shape index (κ1) is 14.3. The molecule has 0 aromatic heterocycles. The Labute approximate surface area is 109 Å². The van der Waals surface area contributed by atoms with Crippen LogP contribution in [0.3, 0.4) is 0 Å². The summed E-state index contributed by atoms with van der Waals surface area (Å²) in [7, 11) is 0. The SMILES string of the molecule is C#CCC(N)C(=O)N(CC)Cc1ccccc1C. The molecule has 0 aliphatic rings. The van der Waals surface area contributed by atoms with Crippen molar-refractivity contribution >= 4 is 5.91 Å². The normalized spacial score (nSPS) is 11.7. The maximum atomic E-state index is 12.1. The number of nitrogens with two attached hydrogens (primary N) is 1. The molecular formula is C15H20N2O. The Bertz CT molecular complexity index is 448. The summed E-state index contributed by atoms with van der Waals surface area (Å²) in [6.45, 7) is 5.19. The van der Waals surface area contributed by atoms with Crippen LogP contribution in [0.15, 0.2) is 24.3 Å². The number of carbonyl (C=O) groups is 1. The van der Waals surface area contributed by atoms with Crippen LogP contribution in [0.1, 0.15) is 24.5 Å². The largest absolute Gasteiger partial charge is 0.337 e. The predicted molar refractivity (Wildman–Crippen MR) is 73.7 cm³/mol. The zero-order valence-electron chi connectivity index (χ0n) is 11.0. The summed E-state index contributed by atoms with van der Waals surface area (Å²) in [5.74, 6) is 2.35. The summed E-state index contributed by atoms with van der Waals surface area (Å²) in [4.78, 5) is 13.8. The molecule has 18 heavy (non-hydrogen) atoms. The van der Waals surface area contributed by atoms with Gasteiger partial charge in [0, 0.05) is 19.5 Å². The van der Waals surface area contributed by atoms with Crippen LogP contribution in [0, 0.1) is 19.3 Å². The van der Waals surface area contributed by atoms with E-state index >= 15 is 0 Å². The maximum Gasteiger partial charge on any atom is 0.240 e. The highest BCUT2D eigenvalue weighted by molar-refractivity contribution is 5.82. The van der Waals surface area contributed by atoms with Crippen molar-refractivity contribution in [2.24, 2.45) is 5.73 Å². The Balaban J connectivity index is 2.77. The number of hydrogen-bond acceptors (Lipinski definition) is 2. The summed E-state index contributed by atoms with van der Waals surface area (Å²) in [5.41, 5.74) is 8.08. The summed E-state index contributed by atoms with van der Waals surface area (Å²) >= 11 is 0. The Morgan fingerprint density at radius 3 is 2.72 bits per heavy atom. The quantitative estimate of drug-likeness (QED) is 0.801. The van der Waals surface area contributed by atoms with Gasteiger partial charge in [0.15, 0.2) is 0 Å². The van der Waals surface area contributed by atoms with E-state index in [0.29, 0.717) is 13.1 Å². The van der Waals surface area contributed by atoms with E-state index in [4.69, 9.17) is 12.2 Å². The molecule has 2 N–H and O–H groups in total. The second-order valence-corrected chi connectivity index (χ2v) is 4.29. The van der Waals surface area contributed by atoms with E-state index < -0.39 is 6.04 Å². The van der Waals surface area contributed by atoms with E-state index in [1.807, 2.05) is 38.1 Å². The van der Waals surface area contributed by atoms with Gasteiger partial charge in [-0.3, -0.25) is 4.79 Å². The maximum absolute atomic E-state index is 12.1. The molecule has 96 valence electrons. The molecular weight excluding hydrogens is 224 g/mol. The molecule has 3 nitrogen and oxygen atoms in total. The summed E-state index contributed by atoms with van der Waals surface area (Å²) in [5, 5.41) is 0. The lowest BCUT2D eigenvalue weighted by Crippen LogP contribution is -2.43. The number of aryl methyl sites for hydroxylation is 1. The summed E-state index contributed by atoms with van der Waals surface area (Å²) < 4.78 is 0. The van der Waals surface area contributed by atoms with Crippen LogP contribution >= 0.6 is 0 Å². The molecule has 0 heterocycles. The van der Waals surface area contributed by atoms with Gasteiger partial charge in [-0.2, -0.15) is 0 Å². The third-order valence-corrected chi connectivity index (χ3v) is 2.97. The minimum absolute atomic E-state index is 0.0845. The van der Waals surface area contributed by atoms with Crippen molar-refractivity contribution in [2.75, 3.05) is 6.54 Å². The van der Waals surface area contributed by atoms with Gasteiger partial charge in [0.05, 0.1) is 6.04 Å². The molecule has 0 saturated carbocycles. The molecule has 1 unspecified atom stereocenters. The topological polar surface area (TPSA) is 46.3 Å². The first-order chi connectivity index (χ1) is 8.60. The molecule has 0 fully saturated rings. The fraction of sp³-hybridized carbons (Fsp3) is 0.400. The van der Waals surface area contributed by atoms with Gasteiger partial charge in [0.25, 0.3) is 0 Å². The Kier molecular flexibility index (Phi) is 5.41. The molecule has 1 atom stereocenters. The molecule has 0 aliphatic carbocycles. The van der Waals surface area contributed by atoms with Gasteiger partial charge in [-0.25, -0.2) is 0 Å². The van der Waals surface area contributed by atoms with Crippen molar-refractivity contribution in [2.45, 2.75) is 32.9 Å². The van der Waals surface area contributed by atoms with E-state index in [0.717, 1.165) is 5.56 Å². The minimum Gasteiger partial charge on any atom is -0.337 e. The fourth-order valence-corrected chi connectivity index (χ4v) is 1.79.